The van der Waals surface area contributed by atoms with Gasteiger partial charge in [0, 0.05) is 0 Å². The molecule has 0 atom stereocenters. The summed E-state index contributed by atoms with van der Waals surface area (Å²) in [5, 5.41) is 8.87. The molecule has 22 heavy (non-hydrogen) atoms. The number of benzene rings is 1. The number of rotatable bonds is 6. The number of carboxylic acids is 1. The second kappa shape index (κ2) is 6.30. The van der Waals surface area contributed by atoms with Crippen molar-refractivity contribution in [3.05, 3.63) is 41.0 Å². The third-order valence-corrected chi connectivity index (χ3v) is 4.55. The molecule has 0 saturated carbocycles. The average Bonchev–Trinajstić information content (AvgIpc) is 2.93. The van der Waals surface area contributed by atoms with Gasteiger partial charge in [-0.15, -0.1) is 11.3 Å². The summed E-state index contributed by atoms with van der Waals surface area (Å²) in [6.45, 7) is -0.251. The van der Waals surface area contributed by atoms with E-state index in [4.69, 9.17) is 9.84 Å². The van der Waals surface area contributed by atoms with Gasteiger partial charge in [-0.3, -0.25) is 4.55 Å². The number of aromatic nitrogens is 1. The summed E-state index contributed by atoms with van der Waals surface area (Å²) in [5.74, 6) is -0.869. The van der Waals surface area contributed by atoms with Gasteiger partial charge in [0.1, 0.15) is 10.8 Å². The first-order chi connectivity index (χ1) is 10.3. The largest absolute Gasteiger partial charge is 0.497 e. The predicted molar refractivity (Wildman–Crippen MR) is 79.8 cm³/mol. The van der Waals surface area contributed by atoms with Gasteiger partial charge in [0.2, 0.25) is 0 Å². The zero-order valence-electron chi connectivity index (χ0n) is 11.3. The smallest absolute Gasteiger partial charge is 0.360 e. The fourth-order valence-corrected chi connectivity index (χ4v) is 3.47. The second-order valence-corrected chi connectivity index (χ2v) is 6.32. The maximum absolute atomic E-state index is 11.6. The molecule has 1 aromatic carbocycles. The molecule has 0 saturated heterocycles. The topological polar surface area (TPSA) is 117 Å². The number of ether oxygens (including phenoxy) is 1. The molecular formula is C12H12N2O6S2. The summed E-state index contributed by atoms with van der Waals surface area (Å²) >= 11 is 0.806. The Labute approximate surface area is 130 Å². The van der Waals surface area contributed by atoms with Gasteiger partial charge in [0.05, 0.1) is 19.2 Å². The molecular weight excluding hydrogens is 332 g/mol. The van der Waals surface area contributed by atoms with Crippen molar-refractivity contribution in [3.63, 3.8) is 0 Å². The summed E-state index contributed by atoms with van der Waals surface area (Å²) in [6.07, 6.45) is 0. The fraction of sp³-hybridized carbons (Fsp3) is 0.167. The van der Waals surface area contributed by atoms with Crippen molar-refractivity contribution in [2.24, 2.45) is 0 Å². The first-order valence-electron chi connectivity index (χ1n) is 5.87. The number of carbonyl (C=O) groups is 1. The summed E-state index contributed by atoms with van der Waals surface area (Å²) in [6, 6.07) is 6.54. The van der Waals surface area contributed by atoms with E-state index in [1.165, 1.54) is 12.6 Å². The van der Waals surface area contributed by atoms with Crippen molar-refractivity contribution < 1.29 is 27.6 Å². The summed E-state index contributed by atoms with van der Waals surface area (Å²) in [7, 11) is -3.20. The van der Waals surface area contributed by atoms with Crippen LogP contribution in [-0.4, -0.2) is 36.1 Å². The molecule has 0 fully saturated rings. The molecule has 1 aromatic heterocycles. The zero-order chi connectivity index (χ0) is 16.3. The average molecular weight is 344 g/mol. The Kier molecular flexibility index (Phi) is 4.64. The standard InChI is InChI=1S/C12H12N2O6S2/c1-20-9-4-2-3-8(5-9)6-14(22(17,18)19)11-10(12(15)16)13-7-21-11/h2-5,7H,6H2,1H3,(H,15,16)(H,17,18,19). The quantitative estimate of drug-likeness (QED) is 0.765. The van der Waals surface area contributed by atoms with Gasteiger partial charge in [-0.1, -0.05) is 12.1 Å². The molecule has 2 rings (SSSR count). The normalized spacial score (nSPS) is 11.2. The van der Waals surface area contributed by atoms with Crippen LogP contribution in [0.4, 0.5) is 5.00 Å². The van der Waals surface area contributed by atoms with Gasteiger partial charge < -0.3 is 9.84 Å². The van der Waals surface area contributed by atoms with Crippen LogP contribution in [0.2, 0.25) is 0 Å². The van der Waals surface area contributed by atoms with Crippen molar-refractivity contribution in [1.29, 1.82) is 0 Å². The number of nitrogens with zero attached hydrogens (tertiary/aromatic N) is 2. The van der Waals surface area contributed by atoms with Gasteiger partial charge in [-0.05, 0) is 17.7 Å². The van der Waals surface area contributed by atoms with E-state index in [9.17, 15) is 17.8 Å². The van der Waals surface area contributed by atoms with Gasteiger partial charge in [0.15, 0.2) is 5.69 Å². The highest BCUT2D eigenvalue weighted by Crippen LogP contribution is 2.29. The molecule has 0 unspecified atom stereocenters. The molecule has 0 radical (unpaired) electrons. The lowest BCUT2D eigenvalue weighted by Gasteiger charge is -2.19. The van der Waals surface area contributed by atoms with Crippen molar-refractivity contribution in [2.45, 2.75) is 6.54 Å². The molecule has 0 spiro atoms. The monoisotopic (exact) mass is 344 g/mol. The Bertz CT molecular complexity index is 786. The lowest BCUT2D eigenvalue weighted by Crippen LogP contribution is -2.30. The van der Waals surface area contributed by atoms with Crippen LogP contribution in [0.5, 0.6) is 5.75 Å². The van der Waals surface area contributed by atoms with E-state index in [2.05, 4.69) is 4.98 Å². The number of anilines is 1. The van der Waals surface area contributed by atoms with E-state index >= 15 is 0 Å². The third-order valence-electron chi connectivity index (χ3n) is 2.72. The van der Waals surface area contributed by atoms with Crippen LogP contribution in [0.1, 0.15) is 16.1 Å². The van der Waals surface area contributed by atoms with Crippen LogP contribution in [0.15, 0.2) is 29.8 Å². The molecule has 2 aromatic rings. The molecule has 2 N–H and O–H groups in total. The van der Waals surface area contributed by atoms with Gasteiger partial charge >= 0.3 is 16.3 Å². The Morgan fingerprint density at radius 1 is 1.45 bits per heavy atom. The van der Waals surface area contributed by atoms with Crippen LogP contribution in [0, 0.1) is 0 Å². The summed E-state index contributed by atoms with van der Waals surface area (Å²) in [4.78, 5) is 14.7. The van der Waals surface area contributed by atoms with Crippen LogP contribution in [0.25, 0.3) is 0 Å². The number of thiazole rings is 1. The third kappa shape index (κ3) is 3.53. The lowest BCUT2D eigenvalue weighted by molar-refractivity contribution is 0.0692. The van der Waals surface area contributed by atoms with Crippen LogP contribution >= 0.6 is 11.3 Å². The summed E-state index contributed by atoms with van der Waals surface area (Å²) < 4.78 is 38.2. The van der Waals surface area contributed by atoms with E-state index in [0.717, 1.165) is 11.3 Å². The summed E-state index contributed by atoms with van der Waals surface area (Å²) in [5.41, 5.74) is 1.27. The highest BCUT2D eigenvalue weighted by Gasteiger charge is 2.27. The van der Waals surface area contributed by atoms with Crippen LogP contribution in [-0.2, 0) is 16.8 Å². The lowest BCUT2D eigenvalue weighted by atomic mass is 10.2. The molecule has 0 aliphatic heterocycles. The first kappa shape index (κ1) is 16.2. The Morgan fingerprint density at radius 2 is 2.18 bits per heavy atom. The SMILES string of the molecule is COc1cccc(CN(c2scnc2C(=O)O)S(=O)(=O)O)c1. The Balaban J connectivity index is 2.43. The number of hydrogen-bond acceptors (Lipinski definition) is 6. The minimum absolute atomic E-state index is 0.169. The minimum atomic E-state index is -4.66. The van der Waals surface area contributed by atoms with E-state index in [1.54, 1.807) is 24.3 Å². The Morgan fingerprint density at radius 3 is 2.77 bits per heavy atom. The molecule has 0 aliphatic carbocycles. The van der Waals surface area contributed by atoms with Crippen LogP contribution in [0.3, 0.4) is 0 Å². The molecule has 118 valence electrons. The maximum atomic E-state index is 11.6. The number of methoxy groups -OCH3 is 1. The first-order valence-corrected chi connectivity index (χ1v) is 8.15. The van der Waals surface area contributed by atoms with Crippen molar-refractivity contribution >= 4 is 32.6 Å². The van der Waals surface area contributed by atoms with E-state index in [0.29, 0.717) is 15.6 Å². The molecule has 10 heteroatoms. The Hall–Kier alpha value is -2.17. The second-order valence-electron chi connectivity index (χ2n) is 4.15. The molecule has 0 bridgehead atoms. The van der Waals surface area contributed by atoms with Crippen molar-refractivity contribution in [1.82, 2.24) is 4.98 Å². The fourth-order valence-electron chi connectivity index (χ4n) is 1.76. The van der Waals surface area contributed by atoms with Gasteiger partial charge in [-0.2, -0.15) is 8.42 Å². The number of aromatic carboxylic acids is 1. The molecule has 1 heterocycles. The highest BCUT2D eigenvalue weighted by atomic mass is 32.2. The van der Waals surface area contributed by atoms with Crippen LogP contribution < -0.4 is 9.04 Å². The van der Waals surface area contributed by atoms with Gasteiger partial charge in [0.25, 0.3) is 0 Å². The highest BCUT2D eigenvalue weighted by molar-refractivity contribution is 7.87. The molecule has 0 aliphatic rings. The van der Waals surface area contributed by atoms with Crippen molar-refractivity contribution in [3.8, 4) is 5.75 Å². The van der Waals surface area contributed by atoms with Crippen molar-refractivity contribution in [2.75, 3.05) is 11.4 Å². The molecule has 0 amide bonds. The zero-order valence-corrected chi connectivity index (χ0v) is 13.0. The maximum Gasteiger partial charge on any atom is 0.360 e. The number of hydrogen-bond donors (Lipinski definition) is 2. The van der Waals surface area contributed by atoms with E-state index < -0.39 is 22.0 Å². The predicted octanol–water partition coefficient (Wildman–Crippen LogP) is 1.66. The van der Waals surface area contributed by atoms with E-state index in [-0.39, 0.29) is 11.5 Å². The number of carboxylic acid groups (broad SMARTS) is 1. The molecule has 8 nitrogen and oxygen atoms in total. The minimum Gasteiger partial charge on any atom is -0.497 e. The van der Waals surface area contributed by atoms with Gasteiger partial charge in [-0.25, -0.2) is 14.1 Å². The van der Waals surface area contributed by atoms with E-state index in [1.807, 2.05) is 0 Å².